The number of carbonyl (C=O) groups is 2. The first-order valence-electron chi connectivity index (χ1n) is 11.1. The standard InChI is InChI=1S/C24H30F2N4O4/c1-15(2)17-6-4-5-7-18(17)24(13-30(14-24)10-11-33-20(31)12-27)22(32)29-19-9-8-16(3)28-21(19)34-23(25)26/h4-9,15,23H,10-14,27H2,1-3H3,(H,29,32). The minimum atomic E-state index is -3.07. The van der Waals surface area contributed by atoms with E-state index < -0.39 is 18.0 Å². The molecule has 8 nitrogen and oxygen atoms in total. The Bertz CT molecular complexity index is 1030. The average molecular weight is 477 g/mol. The number of hydrogen-bond acceptors (Lipinski definition) is 7. The van der Waals surface area contributed by atoms with Gasteiger partial charge in [-0.3, -0.25) is 14.5 Å². The second-order valence-electron chi connectivity index (χ2n) is 8.60. The Morgan fingerprint density at radius 2 is 1.91 bits per heavy atom. The summed E-state index contributed by atoms with van der Waals surface area (Å²) >= 11 is 0. The maximum absolute atomic E-state index is 13.7. The van der Waals surface area contributed by atoms with Crippen LogP contribution in [0.3, 0.4) is 0 Å². The molecular formula is C24H30F2N4O4. The van der Waals surface area contributed by atoms with E-state index in [1.54, 1.807) is 13.0 Å². The van der Waals surface area contributed by atoms with Crippen molar-refractivity contribution in [1.82, 2.24) is 9.88 Å². The zero-order chi connectivity index (χ0) is 24.9. The number of rotatable bonds is 10. The molecule has 1 aliphatic heterocycles. The highest BCUT2D eigenvalue weighted by Gasteiger charge is 2.51. The van der Waals surface area contributed by atoms with Crippen LogP contribution in [-0.4, -0.2) is 61.2 Å². The van der Waals surface area contributed by atoms with E-state index in [2.05, 4.69) is 15.0 Å². The van der Waals surface area contributed by atoms with Crippen molar-refractivity contribution in [1.29, 1.82) is 0 Å². The molecule has 1 aromatic heterocycles. The van der Waals surface area contributed by atoms with Crippen LogP contribution in [0.2, 0.25) is 0 Å². The number of hydrogen-bond donors (Lipinski definition) is 2. The van der Waals surface area contributed by atoms with E-state index in [1.807, 2.05) is 43.0 Å². The number of benzene rings is 1. The normalized spacial score (nSPS) is 15.2. The maximum Gasteiger partial charge on any atom is 0.388 e. The number of aryl methyl sites for hydroxylation is 1. The first-order chi connectivity index (χ1) is 16.2. The average Bonchev–Trinajstić information content (AvgIpc) is 2.76. The molecule has 2 heterocycles. The summed E-state index contributed by atoms with van der Waals surface area (Å²) in [4.78, 5) is 31.0. The fraction of sp³-hybridized carbons (Fsp3) is 0.458. The highest BCUT2D eigenvalue weighted by molar-refractivity contribution is 6.01. The summed E-state index contributed by atoms with van der Waals surface area (Å²) in [6.45, 7) is 3.81. The van der Waals surface area contributed by atoms with Crippen LogP contribution >= 0.6 is 0 Å². The first-order valence-corrected chi connectivity index (χ1v) is 11.1. The highest BCUT2D eigenvalue weighted by atomic mass is 19.3. The van der Waals surface area contributed by atoms with Gasteiger partial charge in [-0.25, -0.2) is 4.98 Å². The number of pyridine rings is 1. The Hall–Kier alpha value is -3.11. The Morgan fingerprint density at radius 1 is 1.21 bits per heavy atom. The Balaban J connectivity index is 1.88. The van der Waals surface area contributed by atoms with Gasteiger partial charge in [0.15, 0.2) is 0 Å². The lowest BCUT2D eigenvalue weighted by Crippen LogP contribution is -2.65. The minimum absolute atomic E-state index is 0.0765. The number of ether oxygens (including phenoxy) is 2. The van der Waals surface area contributed by atoms with E-state index in [0.29, 0.717) is 25.3 Å². The quantitative estimate of drug-likeness (QED) is 0.508. The fourth-order valence-corrected chi connectivity index (χ4v) is 4.14. The van der Waals surface area contributed by atoms with E-state index >= 15 is 0 Å². The lowest BCUT2D eigenvalue weighted by molar-refractivity contribution is -0.143. The Kier molecular flexibility index (Phi) is 8.16. The topological polar surface area (TPSA) is 107 Å². The first kappa shape index (κ1) is 25.5. The van der Waals surface area contributed by atoms with Gasteiger partial charge in [-0.2, -0.15) is 8.78 Å². The van der Waals surface area contributed by atoms with Gasteiger partial charge in [-0.05, 0) is 36.1 Å². The summed E-state index contributed by atoms with van der Waals surface area (Å²) in [6.07, 6.45) is 0. The van der Waals surface area contributed by atoms with Gasteiger partial charge in [-0.15, -0.1) is 0 Å². The zero-order valence-electron chi connectivity index (χ0n) is 19.5. The van der Waals surface area contributed by atoms with Gasteiger partial charge in [0.25, 0.3) is 0 Å². The van der Waals surface area contributed by atoms with Crippen LogP contribution in [0, 0.1) is 6.92 Å². The molecule has 0 aliphatic carbocycles. The van der Waals surface area contributed by atoms with Crippen LogP contribution < -0.4 is 15.8 Å². The maximum atomic E-state index is 13.7. The molecule has 3 N–H and O–H groups in total. The molecule has 0 saturated carbocycles. The molecule has 0 radical (unpaired) electrons. The van der Waals surface area contributed by atoms with Gasteiger partial charge >= 0.3 is 12.6 Å². The molecular weight excluding hydrogens is 446 g/mol. The summed E-state index contributed by atoms with van der Waals surface area (Å²) in [5.41, 5.74) is 6.79. The van der Waals surface area contributed by atoms with E-state index in [0.717, 1.165) is 11.1 Å². The monoisotopic (exact) mass is 476 g/mol. The van der Waals surface area contributed by atoms with Crippen molar-refractivity contribution in [2.75, 3.05) is 38.1 Å². The lowest BCUT2D eigenvalue weighted by atomic mass is 9.69. The number of likely N-dealkylation sites (tertiary alicyclic amines) is 1. The van der Waals surface area contributed by atoms with Crippen molar-refractivity contribution < 1.29 is 27.8 Å². The van der Waals surface area contributed by atoms with Crippen LogP contribution in [0.1, 0.15) is 36.6 Å². The largest absolute Gasteiger partial charge is 0.463 e. The summed E-state index contributed by atoms with van der Waals surface area (Å²) in [5, 5.41) is 2.77. The van der Waals surface area contributed by atoms with Crippen molar-refractivity contribution >= 4 is 17.6 Å². The molecule has 184 valence electrons. The Morgan fingerprint density at radius 3 is 2.56 bits per heavy atom. The number of carbonyl (C=O) groups excluding carboxylic acids is 2. The molecule has 0 spiro atoms. The molecule has 3 rings (SSSR count). The van der Waals surface area contributed by atoms with Gasteiger partial charge in [0.2, 0.25) is 11.8 Å². The third kappa shape index (κ3) is 5.68. The number of anilines is 1. The number of nitrogens with zero attached hydrogens (tertiary/aromatic N) is 2. The molecule has 2 aromatic rings. The molecule has 1 aromatic carbocycles. The van der Waals surface area contributed by atoms with Crippen LogP contribution in [0.4, 0.5) is 14.5 Å². The SMILES string of the molecule is Cc1ccc(NC(=O)C2(c3ccccc3C(C)C)CN(CCOC(=O)CN)C2)c(OC(F)F)n1. The van der Waals surface area contributed by atoms with E-state index in [4.69, 9.17) is 10.5 Å². The molecule has 1 amide bonds. The number of nitrogens with two attached hydrogens (primary N) is 1. The number of halogens is 2. The minimum Gasteiger partial charge on any atom is -0.463 e. The Labute approximate surface area is 197 Å². The summed E-state index contributed by atoms with van der Waals surface area (Å²) < 4.78 is 35.4. The third-order valence-corrected chi connectivity index (χ3v) is 5.81. The van der Waals surface area contributed by atoms with Gasteiger partial charge in [-0.1, -0.05) is 38.1 Å². The number of nitrogens with one attached hydrogen (secondary N) is 1. The van der Waals surface area contributed by atoms with Gasteiger partial charge < -0.3 is 20.5 Å². The van der Waals surface area contributed by atoms with E-state index in [-0.39, 0.29) is 36.5 Å². The van der Waals surface area contributed by atoms with Crippen molar-refractivity contribution in [2.45, 2.75) is 38.7 Å². The predicted octanol–water partition coefficient (Wildman–Crippen LogP) is 2.81. The summed E-state index contributed by atoms with van der Waals surface area (Å²) in [5.74, 6) is -1.01. The zero-order valence-corrected chi connectivity index (χ0v) is 19.5. The van der Waals surface area contributed by atoms with Gasteiger partial charge in [0.1, 0.15) is 12.3 Å². The third-order valence-electron chi connectivity index (χ3n) is 5.81. The molecule has 1 aliphatic rings. The molecule has 0 atom stereocenters. The number of alkyl halides is 2. The van der Waals surface area contributed by atoms with Crippen molar-refractivity contribution in [3.63, 3.8) is 0 Å². The number of amides is 1. The van der Waals surface area contributed by atoms with Crippen molar-refractivity contribution in [3.05, 3.63) is 53.2 Å². The fourth-order valence-electron chi connectivity index (χ4n) is 4.14. The summed E-state index contributed by atoms with van der Waals surface area (Å²) in [6, 6.07) is 10.8. The molecule has 0 unspecified atom stereocenters. The van der Waals surface area contributed by atoms with Gasteiger partial charge in [0, 0.05) is 25.3 Å². The highest BCUT2D eigenvalue weighted by Crippen LogP contribution is 2.40. The number of esters is 1. The molecule has 1 saturated heterocycles. The van der Waals surface area contributed by atoms with E-state index in [9.17, 15) is 18.4 Å². The van der Waals surface area contributed by atoms with Crippen molar-refractivity contribution in [2.24, 2.45) is 5.73 Å². The second kappa shape index (κ2) is 10.9. The molecule has 10 heteroatoms. The van der Waals surface area contributed by atoms with E-state index in [1.165, 1.54) is 6.07 Å². The molecule has 0 bridgehead atoms. The van der Waals surface area contributed by atoms with Crippen LogP contribution in [0.15, 0.2) is 36.4 Å². The van der Waals surface area contributed by atoms with Crippen LogP contribution in [0.5, 0.6) is 5.88 Å². The lowest BCUT2D eigenvalue weighted by Gasteiger charge is -2.50. The second-order valence-corrected chi connectivity index (χ2v) is 8.60. The molecule has 34 heavy (non-hydrogen) atoms. The molecule has 1 fully saturated rings. The summed E-state index contributed by atoms with van der Waals surface area (Å²) in [7, 11) is 0. The van der Waals surface area contributed by atoms with Crippen LogP contribution in [0.25, 0.3) is 0 Å². The van der Waals surface area contributed by atoms with Crippen LogP contribution in [-0.2, 0) is 19.7 Å². The van der Waals surface area contributed by atoms with Gasteiger partial charge in [0.05, 0.1) is 12.0 Å². The number of aromatic nitrogens is 1. The van der Waals surface area contributed by atoms with Crippen molar-refractivity contribution in [3.8, 4) is 5.88 Å². The predicted molar refractivity (Wildman–Crippen MR) is 123 cm³/mol. The smallest absolute Gasteiger partial charge is 0.388 e.